The average Bonchev–Trinajstić information content (AvgIpc) is 3.23. The van der Waals surface area contributed by atoms with Crippen LogP contribution in [0.2, 0.25) is 5.02 Å². The number of tetrazole rings is 1. The molecule has 1 aromatic heterocycles. The van der Waals surface area contributed by atoms with E-state index >= 15 is 0 Å². The monoisotopic (exact) mass is 447 g/mol. The molecule has 0 radical (unpaired) electrons. The van der Waals surface area contributed by atoms with Crippen LogP contribution in [0.1, 0.15) is 11.4 Å². The zero-order chi connectivity index (χ0) is 21.8. The molecule has 31 heavy (non-hydrogen) atoms. The molecule has 0 spiro atoms. The molecule has 2 aromatic carbocycles. The van der Waals surface area contributed by atoms with Crippen molar-refractivity contribution in [2.75, 3.05) is 26.2 Å². The van der Waals surface area contributed by atoms with Crippen molar-refractivity contribution in [1.29, 1.82) is 0 Å². The summed E-state index contributed by atoms with van der Waals surface area (Å²) in [5, 5.41) is 15.1. The maximum absolute atomic E-state index is 13.6. The van der Waals surface area contributed by atoms with E-state index in [4.69, 9.17) is 11.6 Å². The fourth-order valence-electron chi connectivity index (χ4n) is 3.32. The van der Waals surface area contributed by atoms with Crippen LogP contribution in [0.5, 0.6) is 0 Å². The lowest BCUT2D eigenvalue weighted by atomic mass is 10.2. The van der Waals surface area contributed by atoms with Gasteiger partial charge in [0.2, 0.25) is 0 Å². The highest BCUT2D eigenvalue weighted by molar-refractivity contribution is 6.30. The van der Waals surface area contributed by atoms with Crippen molar-refractivity contribution >= 4 is 17.6 Å². The number of carbonyl (C=O) groups excluding carboxylic acids is 1. The molecule has 1 aliphatic rings. The van der Waals surface area contributed by atoms with Crippen molar-refractivity contribution in [2.24, 2.45) is 0 Å². The predicted octanol–water partition coefficient (Wildman–Crippen LogP) is 2.62. The minimum atomic E-state index is -0.961. The molecule has 162 valence electrons. The number of aromatic nitrogens is 4. The third kappa shape index (κ3) is 5.15. The largest absolute Gasteiger partial charge is 0.334 e. The van der Waals surface area contributed by atoms with Gasteiger partial charge >= 0.3 is 6.03 Å². The lowest BCUT2D eigenvalue weighted by Crippen LogP contribution is -2.51. The van der Waals surface area contributed by atoms with Crippen molar-refractivity contribution in [3.05, 3.63) is 70.5 Å². The Hall–Kier alpha value is -3.11. The van der Waals surface area contributed by atoms with Gasteiger partial charge in [-0.05, 0) is 40.3 Å². The minimum Gasteiger partial charge on any atom is -0.334 e. The second-order valence-corrected chi connectivity index (χ2v) is 7.59. The quantitative estimate of drug-likeness (QED) is 0.650. The summed E-state index contributed by atoms with van der Waals surface area (Å²) in [6.45, 7) is 3.24. The topological polar surface area (TPSA) is 79.2 Å². The number of nitrogens with one attached hydrogen (secondary N) is 1. The number of hydrogen-bond donors (Lipinski definition) is 1. The molecule has 2 heterocycles. The van der Waals surface area contributed by atoms with Gasteiger partial charge < -0.3 is 10.2 Å². The third-order valence-electron chi connectivity index (χ3n) is 5.06. The van der Waals surface area contributed by atoms with E-state index in [0.717, 1.165) is 17.7 Å². The van der Waals surface area contributed by atoms with Gasteiger partial charge in [0, 0.05) is 43.8 Å². The van der Waals surface area contributed by atoms with Gasteiger partial charge in [-0.2, -0.15) is 4.68 Å². The summed E-state index contributed by atoms with van der Waals surface area (Å²) < 4.78 is 28.1. The first kappa shape index (κ1) is 21.1. The number of hydrogen-bond acceptors (Lipinski definition) is 5. The molecule has 1 fully saturated rings. The second kappa shape index (κ2) is 9.36. The van der Waals surface area contributed by atoms with Crippen LogP contribution in [0, 0.1) is 11.6 Å². The fraction of sp³-hybridized carbons (Fsp3) is 0.300. The second-order valence-electron chi connectivity index (χ2n) is 7.15. The number of halogens is 3. The molecule has 0 saturated carbocycles. The number of piperazine rings is 1. The highest BCUT2D eigenvalue weighted by atomic mass is 35.5. The first-order valence-electron chi connectivity index (χ1n) is 9.72. The van der Waals surface area contributed by atoms with Crippen LogP contribution in [0.4, 0.5) is 13.6 Å². The Morgan fingerprint density at radius 3 is 2.48 bits per heavy atom. The summed E-state index contributed by atoms with van der Waals surface area (Å²) >= 11 is 5.87. The summed E-state index contributed by atoms with van der Waals surface area (Å²) in [5.41, 5.74) is 1.32. The molecular weight excluding hydrogens is 428 g/mol. The Labute approximate surface area is 182 Å². The number of benzene rings is 2. The number of rotatable bonds is 5. The van der Waals surface area contributed by atoms with Gasteiger partial charge in [-0.1, -0.05) is 23.7 Å². The van der Waals surface area contributed by atoms with Gasteiger partial charge in [-0.3, -0.25) is 4.90 Å². The maximum Gasteiger partial charge on any atom is 0.317 e. The number of amides is 2. The van der Waals surface area contributed by atoms with Gasteiger partial charge in [0.15, 0.2) is 17.5 Å². The standard InChI is InChI=1S/C20H20ClF2N7O/c21-15-3-1-14(2-4-15)12-24-20(31)29-9-7-28(8-10-29)13-19-25-26-27-30(19)16-5-6-17(22)18(23)11-16/h1-6,11H,7-10,12-13H2,(H,24,31). The molecule has 8 nitrogen and oxygen atoms in total. The first-order chi connectivity index (χ1) is 15.0. The van der Waals surface area contributed by atoms with Crippen molar-refractivity contribution in [1.82, 2.24) is 35.3 Å². The Morgan fingerprint density at radius 1 is 1.03 bits per heavy atom. The normalized spacial score (nSPS) is 14.6. The molecule has 11 heteroatoms. The summed E-state index contributed by atoms with van der Waals surface area (Å²) in [6, 6.07) is 10.7. The molecule has 4 rings (SSSR count). The molecule has 2 amide bonds. The lowest BCUT2D eigenvalue weighted by molar-refractivity contribution is 0.133. The van der Waals surface area contributed by atoms with Gasteiger partial charge in [0.25, 0.3) is 0 Å². The Bertz CT molecular complexity index is 1050. The van der Waals surface area contributed by atoms with E-state index in [0.29, 0.717) is 55.8 Å². The lowest BCUT2D eigenvalue weighted by Gasteiger charge is -2.34. The van der Waals surface area contributed by atoms with Gasteiger partial charge in [0.05, 0.1) is 12.2 Å². The van der Waals surface area contributed by atoms with Crippen molar-refractivity contribution in [3.63, 3.8) is 0 Å². The van der Waals surface area contributed by atoms with E-state index < -0.39 is 11.6 Å². The van der Waals surface area contributed by atoms with E-state index in [9.17, 15) is 13.6 Å². The molecular formula is C20H20ClF2N7O. The summed E-state index contributed by atoms with van der Waals surface area (Å²) in [7, 11) is 0. The van der Waals surface area contributed by atoms with Crippen LogP contribution in [0.3, 0.4) is 0 Å². The van der Waals surface area contributed by atoms with E-state index in [1.807, 2.05) is 12.1 Å². The molecule has 3 aromatic rings. The summed E-state index contributed by atoms with van der Waals surface area (Å²) in [5.74, 6) is -1.38. The summed E-state index contributed by atoms with van der Waals surface area (Å²) in [4.78, 5) is 16.3. The molecule has 1 aliphatic heterocycles. The number of nitrogens with zero attached hydrogens (tertiary/aromatic N) is 6. The minimum absolute atomic E-state index is 0.124. The maximum atomic E-state index is 13.6. The average molecular weight is 448 g/mol. The van der Waals surface area contributed by atoms with E-state index in [1.165, 1.54) is 10.7 Å². The third-order valence-corrected chi connectivity index (χ3v) is 5.32. The molecule has 0 bridgehead atoms. The smallest absolute Gasteiger partial charge is 0.317 e. The van der Waals surface area contributed by atoms with E-state index in [2.05, 4.69) is 25.7 Å². The SMILES string of the molecule is O=C(NCc1ccc(Cl)cc1)N1CCN(Cc2nnnn2-c2ccc(F)c(F)c2)CC1. The van der Waals surface area contributed by atoms with E-state index in [-0.39, 0.29) is 6.03 Å². The molecule has 0 atom stereocenters. The molecule has 0 unspecified atom stereocenters. The van der Waals surface area contributed by atoms with Crippen LogP contribution in [0.15, 0.2) is 42.5 Å². The molecule has 1 N–H and O–H groups in total. The fourth-order valence-corrected chi connectivity index (χ4v) is 3.45. The number of urea groups is 1. The van der Waals surface area contributed by atoms with Crippen LogP contribution in [-0.4, -0.2) is 62.2 Å². The Balaban J connectivity index is 1.29. The van der Waals surface area contributed by atoms with Crippen LogP contribution in [0.25, 0.3) is 5.69 Å². The zero-order valence-electron chi connectivity index (χ0n) is 16.5. The zero-order valence-corrected chi connectivity index (χ0v) is 17.3. The highest BCUT2D eigenvalue weighted by Gasteiger charge is 2.23. The van der Waals surface area contributed by atoms with Crippen LogP contribution < -0.4 is 5.32 Å². The summed E-state index contributed by atoms with van der Waals surface area (Å²) in [6.07, 6.45) is 0. The predicted molar refractivity (Wildman–Crippen MR) is 110 cm³/mol. The Morgan fingerprint density at radius 2 is 1.77 bits per heavy atom. The van der Waals surface area contributed by atoms with Crippen molar-refractivity contribution in [3.8, 4) is 5.69 Å². The van der Waals surface area contributed by atoms with Crippen molar-refractivity contribution < 1.29 is 13.6 Å². The van der Waals surface area contributed by atoms with E-state index in [1.54, 1.807) is 17.0 Å². The molecule has 0 aliphatic carbocycles. The van der Waals surface area contributed by atoms with Crippen molar-refractivity contribution in [2.45, 2.75) is 13.1 Å². The number of carbonyl (C=O) groups is 1. The van der Waals surface area contributed by atoms with Gasteiger partial charge in [-0.15, -0.1) is 5.10 Å². The van der Waals surface area contributed by atoms with Gasteiger partial charge in [-0.25, -0.2) is 13.6 Å². The Kier molecular flexibility index (Phi) is 6.38. The van der Waals surface area contributed by atoms with Crippen LogP contribution in [-0.2, 0) is 13.1 Å². The van der Waals surface area contributed by atoms with Crippen LogP contribution >= 0.6 is 11.6 Å². The first-order valence-corrected chi connectivity index (χ1v) is 10.1. The highest BCUT2D eigenvalue weighted by Crippen LogP contribution is 2.15. The van der Waals surface area contributed by atoms with Gasteiger partial charge in [0.1, 0.15) is 0 Å². The molecule has 1 saturated heterocycles.